The van der Waals surface area contributed by atoms with Crippen molar-refractivity contribution >= 4 is 38.6 Å². The molecule has 108 valence electrons. The average molecular weight is 371 g/mol. The van der Waals surface area contributed by atoms with Gasteiger partial charge in [0.05, 0.1) is 9.83 Å². The Balaban J connectivity index is 1.93. The molecule has 1 aliphatic heterocycles. The second-order valence-corrected chi connectivity index (χ2v) is 8.68. The predicted octanol–water partition coefficient (Wildman–Crippen LogP) is 4.13. The lowest BCUT2D eigenvalue weighted by atomic mass is 10.1. The summed E-state index contributed by atoms with van der Waals surface area (Å²) in [5.74, 6) is 0. The van der Waals surface area contributed by atoms with Gasteiger partial charge in [0, 0.05) is 40.8 Å². The van der Waals surface area contributed by atoms with Crippen LogP contribution in [0.15, 0.2) is 28.1 Å². The minimum absolute atomic E-state index is 0.429. The molecule has 3 heterocycles. The van der Waals surface area contributed by atoms with Gasteiger partial charge in [-0.15, -0.1) is 22.7 Å². The van der Waals surface area contributed by atoms with Gasteiger partial charge in [0.1, 0.15) is 0 Å². The Hall–Kier alpha value is -0.200. The normalized spacial score (nSPS) is 18.3. The molecular formula is C15H19BrN2S2. The highest BCUT2D eigenvalue weighted by atomic mass is 79.9. The van der Waals surface area contributed by atoms with Gasteiger partial charge in [-0.1, -0.05) is 6.92 Å². The van der Waals surface area contributed by atoms with Gasteiger partial charge >= 0.3 is 0 Å². The van der Waals surface area contributed by atoms with Crippen molar-refractivity contribution in [1.82, 2.24) is 10.2 Å². The Bertz CT molecular complexity index is 558. The molecule has 0 amide bonds. The van der Waals surface area contributed by atoms with Crippen molar-refractivity contribution in [3.63, 3.8) is 0 Å². The van der Waals surface area contributed by atoms with E-state index >= 15 is 0 Å². The van der Waals surface area contributed by atoms with E-state index in [0.29, 0.717) is 6.04 Å². The summed E-state index contributed by atoms with van der Waals surface area (Å²) in [5.41, 5.74) is 0. The first-order chi connectivity index (χ1) is 9.78. The second-order valence-electron chi connectivity index (χ2n) is 4.99. The summed E-state index contributed by atoms with van der Waals surface area (Å²) >= 11 is 7.44. The number of rotatable bonds is 4. The average Bonchev–Trinajstić information content (AvgIpc) is 3.10. The third-order valence-corrected chi connectivity index (χ3v) is 6.64. The smallest absolute Gasteiger partial charge is 0.0791 e. The molecule has 5 heteroatoms. The zero-order chi connectivity index (χ0) is 13.9. The molecule has 1 aliphatic rings. The van der Waals surface area contributed by atoms with Gasteiger partial charge in [-0.25, -0.2) is 0 Å². The van der Waals surface area contributed by atoms with Gasteiger partial charge in [-0.2, -0.15) is 0 Å². The van der Waals surface area contributed by atoms with Gasteiger partial charge in [-0.05, 0) is 46.6 Å². The monoisotopic (exact) mass is 370 g/mol. The van der Waals surface area contributed by atoms with Crippen molar-refractivity contribution in [3.05, 3.63) is 42.7 Å². The van der Waals surface area contributed by atoms with E-state index in [9.17, 15) is 0 Å². The Labute approximate surface area is 136 Å². The van der Waals surface area contributed by atoms with Crippen LogP contribution in [-0.2, 0) is 6.42 Å². The van der Waals surface area contributed by atoms with Crippen LogP contribution in [0, 0.1) is 0 Å². The SMILES string of the molecule is CCc1ccc(C(c2ccc(Br)s2)N2CCNCC2)s1. The van der Waals surface area contributed by atoms with Crippen LogP contribution < -0.4 is 5.32 Å². The molecule has 3 rings (SSSR count). The lowest BCUT2D eigenvalue weighted by molar-refractivity contribution is 0.203. The van der Waals surface area contributed by atoms with Crippen molar-refractivity contribution in [3.8, 4) is 0 Å². The molecular weight excluding hydrogens is 352 g/mol. The molecule has 1 atom stereocenters. The molecule has 2 aromatic rings. The Morgan fingerprint density at radius 2 is 1.85 bits per heavy atom. The van der Waals surface area contributed by atoms with E-state index in [2.05, 4.69) is 57.3 Å². The highest BCUT2D eigenvalue weighted by Crippen LogP contribution is 2.38. The van der Waals surface area contributed by atoms with E-state index in [4.69, 9.17) is 0 Å². The first-order valence-electron chi connectivity index (χ1n) is 7.06. The van der Waals surface area contributed by atoms with Crippen LogP contribution in [0.3, 0.4) is 0 Å². The molecule has 0 bridgehead atoms. The molecule has 1 fully saturated rings. The van der Waals surface area contributed by atoms with Crippen molar-refractivity contribution < 1.29 is 0 Å². The molecule has 0 saturated carbocycles. The fourth-order valence-corrected chi connectivity index (χ4v) is 5.41. The molecule has 0 spiro atoms. The highest BCUT2D eigenvalue weighted by Gasteiger charge is 2.26. The summed E-state index contributed by atoms with van der Waals surface area (Å²) in [5, 5.41) is 3.45. The van der Waals surface area contributed by atoms with Crippen LogP contribution in [-0.4, -0.2) is 31.1 Å². The zero-order valence-electron chi connectivity index (χ0n) is 11.6. The topological polar surface area (TPSA) is 15.3 Å². The van der Waals surface area contributed by atoms with Crippen molar-refractivity contribution in [2.24, 2.45) is 0 Å². The van der Waals surface area contributed by atoms with Crippen molar-refractivity contribution in [1.29, 1.82) is 0 Å². The summed E-state index contributed by atoms with van der Waals surface area (Å²) in [6, 6.07) is 9.48. The maximum atomic E-state index is 3.61. The number of nitrogens with zero attached hydrogens (tertiary/aromatic N) is 1. The van der Waals surface area contributed by atoms with E-state index in [0.717, 1.165) is 32.6 Å². The maximum Gasteiger partial charge on any atom is 0.0791 e. The summed E-state index contributed by atoms with van der Waals surface area (Å²) < 4.78 is 1.22. The van der Waals surface area contributed by atoms with Gasteiger partial charge in [-0.3, -0.25) is 4.90 Å². The van der Waals surface area contributed by atoms with Crippen LogP contribution in [0.2, 0.25) is 0 Å². The summed E-state index contributed by atoms with van der Waals surface area (Å²) in [7, 11) is 0. The van der Waals surface area contributed by atoms with E-state index in [-0.39, 0.29) is 0 Å². The number of hydrogen-bond donors (Lipinski definition) is 1. The summed E-state index contributed by atoms with van der Waals surface area (Å²) in [6.45, 7) is 6.67. The molecule has 0 aromatic carbocycles. The molecule has 0 aliphatic carbocycles. The highest BCUT2D eigenvalue weighted by molar-refractivity contribution is 9.11. The molecule has 1 unspecified atom stereocenters. The largest absolute Gasteiger partial charge is 0.314 e. The minimum Gasteiger partial charge on any atom is -0.314 e. The number of hydrogen-bond acceptors (Lipinski definition) is 4. The Morgan fingerprint density at radius 3 is 2.45 bits per heavy atom. The van der Waals surface area contributed by atoms with Gasteiger partial charge in [0.25, 0.3) is 0 Å². The number of piperazine rings is 1. The number of aryl methyl sites for hydroxylation is 1. The van der Waals surface area contributed by atoms with Crippen LogP contribution in [0.5, 0.6) is 0 Å². The predicted molar refractivity (Wildman–Crippen MR) is 92.0 cm³/mol. The zero-order valence-corrected chi connectivity index (χ0v) is 14.8. The minimum atomic E-state index is 0.429. The number of thiophene rings is 2. The third-order valence-electron chi connectivity index (χ3n) is 3.68. The van der Waals surface area contributed by atoms with Crippen LogP contribution >= 0.6 is 38.6 Å². The second kappa shape index (κ2) is 6.71. The standard InChI is InChI=1S/C15H19BrN2S2/c1-2-11-3-4-12(19-11)15(13-5-6-14(16)20-13)18-9-7-17-8-10-18/h3-6,15,17H,2,7-10H2,1H3. The first-order valence-corrected chi connectivity index (χ1v) is 9.49. The molecule has 2 aromatic heterocycles. The van der Waals surface area contributed by atoms with E-state index in [1.807, 2.05) is 22.7 Å². The number of halogens is 1. The molecule has 20 heavy (non-hydrogen) atoms. The van der Waals surface area contributed by atoms with Crippen LogP contribution in [0.1, 0.15) is 27.6 Å². The lowest BCUT2D eigenvalue weighted by Crippen LogP contribution is -2.45. The van der Waals surface area contributed by atoms with Crippen LogP contribution in [0.25, 0.3) is 0 Å². The fourth-order valence-electron chi connectivity index (χ4n) is 2.65. The number of nitrogens with one attached hydrogen (secondary N) is 1. The van der Waals surface area contributed by atoms with Crippen molar-refractivity contribution in [2.45, 2.75) is 19.4 Å². The molecule has 1 saturated heterocycles. The van der Waals surface area contributed by atoms with Gasteiger partial charge in [0.15, 0.2) is 0 Å². The summed E-state index contributed by atoms with van der Waals surface area (Å²) in [6.07, 6.45) is 1.13. The van der Waals surface area contributed by atoms with E-state index < -0.39 is 0 Å². The molecule has 1 N–H and O–H groups in total. The molecule has 2 nitrogen and oxygen atoms in total. The first kappa shape index (κ1) is 14.7. The molecule has 0 radical (unpaired) electrons. The Kier molecular flexibility index (Phi) is 4.94. The Morgan fingerprint density at radius 1 is 1.15 bits per heavy atom. The quantitative estimate of drug-likeness (QED) is 0.870. The van der Waals surface area contributed by atoms with Gasteiger partial charge in [0.2, 0.25) is 0 Å². The third kappa shape index (κ3) is 3.17. The maximum absolute atomic E-state index is 3.61. The van der Waals surface area contributed by atoms with Crippen LogP contribution in [0.4, 0.5) is 0 Å². The fraction of sp³-hybridized carbons (Fsp3) is 0.467. The lowest BCUT2D eigenvalue weighted by Gasteiger charge is -2.34. The van der Waals surface area contributed by atoms with E-state index in [1.165, 1.54) is 18.4 Å². The van der Waals surface area contributed by atoms with Gasteiger partial charge < -0.3 is 5.32 Å². The van der Waals surface area contributed by atoms with E-state index in [1.54, 1.807) is 0 Å². The van der Waals surface area contributed by atoms with Crippen molar-refractivity contribution in [2.75, 3.05) is 26.2 Å². The summed E-state index contributed by atoms with van der Waals surface area (Å²) in [4.78, 5) is 7.03.